The number of piperidine rings is 1. The highest BCUT2D eigenvalue weighted by atomic mass is 19.4. The minimum Gasteiger partial charge on any atom is -0.307 e. The normalized spacial score (nSPS) is 25.1. The first-order chi connectivity index (χ1) is 9.97. The van der Waals surface area contributed by atoms with Gasteiger partial charge in [0.2, 0.25) is 0 Å². The third-order valence-corrected chi connectivity index (χ3v) is 4.19. The summed E-state index contributed by atoms with van der Waals surface area (Å²) in [6, 6.07) is 6.07. The molecule has 21 heavy (non-hydrogen) atoms. The van der Waals surface area contributed by atoms with Crippen molar-refractivity contribution in [2.45, 2.75) is 43.9 Å². The number of halogens is 3. The van der Waals surface area contributed by atoms with Crippen LogP contribution in [0.15, 0.2) is 24.3 Å². The van der Waals surface area contributed by atoms with Gasteiger partial charge in [-0.1, -0.05) is 18.6 Å². The van der Waals surface area contributed by atoms with Crippen molar-refractivity contribution in [2.75, 3.05) is 0 Å². The Morgan fingerprint density at radius 2 is 2.05 bits per heavy atom. The van der Waals surface area contributed by atoms with Gasteiger partial charge in [0.25, 0.3) is 0 Å². The predicted octanol–water partition coefficient (Wildman–Crippen LogP) is 3.87. The summed E-state index contributed by atoms with van der Waals surface area (Å²) in [7, 11) is 0. The number of nitrogens with zero attached hydrogens (tertiary/aromatic N) is 1. The van der Waals surface area contributed by atoms with Crippen LogP contribution in [0.5, 0.6) is 0 Å². The summed E-state index contributed by atoms with van der Waals surface area (Å²) in [6.07, 6.45) is 1.19. The molecule has 5 heteroatoms. The molecule has 1 aromatic rings. The molecule has 1 fully saturated rings. The molecular weight excluding hydrogens is 277 g/mol. The Balaban J connectivity index is 2.06. The van der Waals surface area contributed by atoms with Crippen LogP contribution in [0.2, 0.25) is 0 Å². The van der Waals surface area contributed by atoms with Crippen LogP contribution in [-0.2, 0) is 6.18 Å². The maximum Gasteiger partial charge on any atom is 0.417 e. The van der Waals surface area contributed by atoms with Gasteiger partial charge in [0.05, 0.1) is 17.2 Å². The van der Waals surface area contributed by atoms with E-state index in [1.54, 1.807) is 6.07 Å². The Morgan fingerprint density at radius 3 is 2.71 bits per heavy atom. The van der Waals surface area contributed by atoms with Gasteiger partial charge in [0, 0.05) is 12.1 Å². The Hall–Kier alpha value is -1.80. The second kappa shape index (κ2) is 5.19. The van der Waals surface area contributed by atoms with Crippen molar-refractivity contribution >= 4 is 5.57 Å². The molecule has 2 unspecified atom stereocenters. The summed E-state index contributed by atoms with van der Waals surface area (Å²) in [5, 5.41) is 12.2. The van der Waals surface area contributed by atoms with Crippen LogP contribution >= 0.6 is 0 Å². The van der Waals surface area contributed by atoms with Crippen molar-refractivity contribution in [1.82, 2.24) is 5.32 Å². The van der Waals surface area contributed by atoms with E-state index in [9.17, 15) is 13.2 Å². The molecule has 2 aliphatic rings. The minimum absolute atomic E-state index is 0.0424. The van der Waals surface area contributed by atoms with E-state index >= 15 is 0 Å². The van der Waals surface area contributed by atoms with Gasteiger partial charge in [-0.25, -0.2) is 0 Å². The van der Waals surface area contributed by atoms with E-state index in [1.165, 1.54) is 12.1 Å². The lowest BCUT2D eigenvalue weighted by Gasteiger charge is -2.35. The van der Waals surface area contributed by atoms with E-state index in [-0.39, 0.29) is 23.2 Å². The average molecular weight is 292 g/mol. The van der Waals surface area contributed by atoms with Crippen LogP contribution in [0, 0.1) is 11.3 Å². The lowest BCUT2D eigenvalue weighted by Crippen LogP contribution is -2.44. The van der Waals surface area contributed by atoms with Crippen molar-refractivity contribution < 1.29 is 13.2 Å². The van der Waals surface area contributed by atoms with E-state index in [1.807, 2.05) is 6.08 Å². The summed E-state index contributed by atoms with van der Waals surface area (Å²) in [4.78, 5) is 0. The molecule has 0 radical (unpaired) electrons. The molecule has 2 heterocycles. The third-order valence-electron chi connectivity index (χ3n) is 4.19. The number of alkyl halides is 3. The number of fused-ring (bicyclic) bond motifs is 2. The number of hydrogen-bond acceptors (Lipinski definition) is 2. The van der Waals surface area contributed by atoms with E-state index < -0.39 is 11.7 Å². The predicted molar refractivity (Wildman–Crippen MR) is 73.3 cm³/mol. The Labute approximate surface area is 121 Å². The van der Waals surface area contributed by atoms with Gasteiger partial charge in [-0.05, 0) is 42.5 Å². The quantitative estimate of drug-likeness (QED) is 0.852. The maximum absolute atomic E-state index is 13.3. The monoisotopic (exact) mass is 292 g/mol. The molecular formula is C16H15F3N2. The van der Waals surface area contributed by atoms with Gasteiger partial charge in [-0.15, -0.1) is 0 Å². The van der Waals surface area contributed by atoms with E-state index in [0.29, 0.717) is 6.42 Å². The highest BCUT2D eigenvalue weighted by Crippen LogP contribution is 2.39. The van der Waals surface area contributed by atoms with Crippen molar-refractivity contribution in [3.63, 3.8) is 0 Å². The van der Waals surface area contributed by atoms with Gasteiger partial charge in [0.15, 0.2) is 0 Å². The molecule has 3 rings (SSSR count). The Kier molecular flexibility index (Phi) is 3.50. The number of hydrogen-bond donors (Lipinski definition) is 1. The lowest BCUT2D eigenvalue weighted by molar-refractivity contribution is -0.137. The molecule has 0 saturated carbocycles. The van der Waals surface area contributed by atoms with Gasteiger partial charge >= 0.3 is 6.18 Å². The van der Waals surface area contributed by atoms with Crippen molar-refractivity contribution in [3.05, 3.63) is 41.0 Å². The van der Waals surface area contributed by atoms with Crippen molar-refractivity contribution in [3.8, 4) is 6.07 Å². The fraction of sp³-hybridized carbons (Fsp3) is 0.438. The van der Waals surface area contributed by atoms with E-state index in [2.05, 4.69) is 5.32 Å². The number of nitriles is 1. The SMILES string of the molecule is N#Cc1ccc(C2=CC3CCCC(C2)N3)c(C(F)(F)F)c1. The molecule has 1 N–H and O–H groups in total. The topological polar surface area (TPSA) is 35.8 Å². The Bertz CT molecular complexity index is 625. The average Bonchev–Trinajstić information content (AvgIpc) is 2.45. The molecule has 2 bridgehead atoms. The lowest BCUT2D eigenvalue weighted by atomic mass is 9.83. The molecule has 110 valence electrons. The fourth-order valence-corrected chi connectivity index (χ4v) is 3.25. The second-order valence-electron chi connectivity index (χ2n) is 5.67. The number of nitrogens with one attached hydrogen (secondary N) is 1. The zero-order valence-corrected chi connectivity index (χ0v) is 11.4. The minimum atomic E-state index is -4.44. The van der Waals surface area contributed by atoms with Gasteiger partial charge < -0.3 is 5.32 Å². The van der Waals surface area contributed by atoms with Crippen molar-refractivity contribution in [2.24, 2.45) is 0 Å². The third kappa shape index (κ3) is 2.81. The number of rotatable bonds is 1. The molecule has 1 aromatic carbocycles. The van der Waals surface area contributed by atoms with Crippen LogP contribution < -0.4 is 5.32 Å². The molecule has 0 amide bonds. The van der Waals surface area contributed by atoms with Crippen molar-refractivity contribution in [1.29, 1.82) is 5.26 Å². The standard InChI is InChI=1S/C16H15F3N2/c17-16(18,19)15-6-10(9-20)4-5-14(15)11-7-12-2-1-3-13(8-11)21-12/h4-7,12-13,21H,1-3,8H2. The molecule has 2 nitrogen and oxygen atoms in total. The largest absolute Gasteiger partial charge is 0.417 e. The summed E-state index contributed by atoms with van der Waals surface area (Å²) in [6.45, 7) is 0. The molecule has 0 aliphatic carbocycles. The highest BCUT2D eigenvalue weighted by molar-refractivity contribution is 5.71. The van der Waals surface area contributed by atoms with Gasteiger partial charge in [-0.2, -0.15) is 18.4 Å². The summed E-state index contributed by atoms with van der Waals surface area (Å²) < 4.78 is 39.8. The highest BCUT2D eigenvalue weighted by Gasteiger charge is 2.36. The smallest absolute Gasteiger partial charge is 0.307 e. The molecule has 0 spiro atoms. The summed E-state index contributed by atoms with van der Waals surface area (Å²) in [5.74, 6) is 0. The van der Waals surface area contributed by atoms with Crippen LogP contribution in [-0.4, -0.2) is 12.1 Å². The Morgan fingerprint density at radius 1 is 1.24 bits per heavy atom. The summed E-state index contributed by atoms with van der Waals surface area (Å²) >= 11 is 0. The van der Waals surface area contributed by atoms with Gasteiger partial charge in [-0.3, -0.25) is 0 Å². The van der Waals surface area contributed by atoms with E-state index in [4.69, 9.17) is 5.26 Å². The maximum atomic E-state index is 13.3. The molecule has 2 atom stereocenters. The molecule has 2 aliphatic heterocycles. The molecule has 1 saturated heterocycles. The van der Waals surface area contributed by atoms with Crippen LogP contribution in [0.25, 0.3) is 5.57 Å². The van der Waals surface area contributed by atoms with Crippen LogP contribution in [0.1, 0.15) is 42.4 Å². The first-order valence-corrected chi connectivity index (χ1v) is 7.06. The van der Waals surface area contributed by atoms with E-state index in [0.717, 1.165) is 30.9 Å². The zero-order valence-electron chi connectivity index (χ0n) is 11.4. The van der Waals surface area contributed by atoms with Crippen LogP contribution in [0.3, 0.4) is 0 Å². The summed E-state index contributed by atoms with van der Waals surface area (Å²) in [5.41, 5.74) is 0.314. The second-order valence-corrected chi connectivity index (χ2v) is 5.67. The number of benzene rings is 1. The van der Waals surface area contributed by atoms with Gasteiger partial charge in [0.1, 0.15) is 0 Å². The fourth-order valence-electron chi connectivity index (χ4n) is 3.25. The first-order valence-electron chi connectivity index (χ1n) is 7.06. The first kappa shape index (κ1) is 14.2. The zero-order chi connectivity index (χ0) is 15.0. The molecule has 0 aromatic heterocycles. The van der Waals surface area contributed by atoms with Crippen LogP contribution in [0.4, 0.5) is 13.2 Å².